The van der Waals surface area contributed by atoms with Crippen molar-refractivity contribution in [3.8, 4) is 21.8 Å². The molecule has 2 aromatic heterocycles. The molecular weight excluding hydrogens is 378 g/mol. The molecule has 4 rings (SSSR count). The van der Waals surface area contributed by atoms with E-state index in [2.05, 4.69) is 20.3 Å². The second-order valence-electron chi connectivity index (χ2n) is 6.80. The molecule has 0 unspecified atom stereocenters. The fraction of sp³-hybridized carbons (Fsp3) is 0.316. The molecule has 6 N–H and O–H groups in total. The van der Waals surface area contributed by atoms with Crippen LogP contribution in [0.25, 0.3) is 21.8 Å². The number of nitrogen functional groups attached to an aromatic ring is 1. The Kier molecular flexibility index (Phi) is 5.23. The van der Waals surface area contributed by atoms with Crippen LogP contribution in [0.4, 0.5) is 11.8 Å². The van der Waals surface area contributed by atoms with E-state index in [-0.39, 0.29) is 18.5 Å². The Hall–Kier alpha value is -2.59. The van der Waals surface area contributed by atoms with Crippen molar-refractivity contribution in [1.82, 2.24) is 15.0 Å². The summed E-state index contributed by atoms with van der Waals surface area (Å²) in [6.07, 6.45) is 0.00144. The summed E-state index contributed by atoms with van der Waals surface area (Å²) in [4.78, 5) is 13.0. The molecular formula is C19H21N5O3S. The van der Waals surface area contributed by atoms with Gasteiger partial charge in [-0.2, -0.15) is 4.98 Å². The third-order valence-electron chi connectivity index (χ3n) is 4.97. The second kappa shape index (κ2) is 7.80. The van der Waals surface area contributed by atoms with Crippen molar-refractivity contribution in [3.05, 3.63) is 41.9 Å². The standard InChI is InChI=1S/C19H21N5O3S/c20-19-21-7-12(18-23-14(9-28-18)10-4-2-1-3-5-10)17(24-19)22-13-6-11(8-25)15(26)16(13)27/h1-5,7,9,11,13,15-16,25-27H,6,8H2,(H3,20,21,22,24)/t11-,13-,15-,16+/m1/s1. The zero-order chi connectivity index (χ0) is 19.7. The summed E-state index contributed by atoms with van der Waals surface area (Å²) < 4.78 is 0. The number of hydrogen-bond acceptors (Lipinski definition) is 9. The topological polar surface area (TPSA) is 137 Å². The fourth-order valence-corrected chi connectivity index (χ4v) is 4.26. The molecule has 0 amide bonds. The maximum Gasteiger partial charge on any atom is 0.221 e. The number of hydrogen-bond donors (Lipinski definition) is 5. The lowest BCUT2D eigenvalue weighted by atomic mass is 10.1. The molecule has 0 radical (unpaired) electrons. The normalized spacial score (nSPS) is 24.4. The Labute approximate surface area is 165 Å². The van der Waals surface area contributed by atoms with E-state index >= 15 is 0 Å². The summed E-state index contributed by atoms with van der Waals surface area (Å²) >= 11 is 1.46. The summed E-state index contributed by atoms with van der Waals surface area (Å²) in [6, 6.07) is 9.38. The van der Waals surface area contributed by atoms with E-state index in [1.165, 1.54) is 11.3 Å². The van der Waals surface area contributed by atoms with Crippen molar-refractivity contribution in [3.63, 3.8) is 0 Å². The number of aromatic nitrogens is 3. The predicted molar refractivity (Wildman–Crippen MR) is 108 cm³/mol. The van der Waals surface area contributed by atoms with Crippen molar-refractivity contribution < 1.29 is 15.3 Å². The van der Waals surface area contributed by atoms with E-state index in [4.69, 9.17) is 5.73 Å². The molecule has 9 heteroatoms. The summed E-state index contributed by atoms with van der Waals surface area (Å²) in [5, 5.41) is 35.6. The van der Waals surface area contributed by atoms with E-state index < -0.39 is 18.2 Å². The largest absolute Gasteiger partial charge is 0.396 e. The Morgan fingerprint density at radius 1 is 1.14 bits per heavy atom. The Bertz CT molecular complexity index is 952. The zero-order valence-electron chi connectivity index (χ0n) is 14.9. The molecule has 1 aliphatic carbocycles. The van der Waals surface area contributed by atoms with Gasteiger partial charge in [0.05, 0.1) is 23.4 Å². The minimum Gasteiger partial charge on any atom is -0.396 e. The molecule has 1 fully saturated rings. The maximum atomic E-state index is 10.3. The van der Waals surface area contributed by atoms with Crippen LogP contribution in [-0.2, 0) is 0 Å². The number of benzene rings is 1. The first-order chi connectivity index (χ1) is 13.6. The molecule has 0 aliphatic heterocycles. The van der Waals surface area contributed by atoms with E-state index in [1.807, 2.05) is 35.7 Å². The molecule has 8 nitrogen and oxygen atoms in total. The van der Waals surface area contributed by atoms with E-state index in [0.29, 0.717) is 22.8 Å². The van der Waals surface area contributed by atoms with Gasteiger partial charge in [0.1, 0.15) is 16.9 Å². The van der Waals surface area contributed by atoms with E-state index in [0.717, 1.165) is 11.3 Å². The number of nitrogens with zero attached hydrogens (tertiary/aromatic N) is 3. The van der Waals surface area contributed by atoms with Crippen LogP contribution in [0.15, 0.2) is 41.9 Å². The van der Waals surface area contributed by atoms with Crippen LogP contribution >= 0.6 is 11.3 Å². The highest BCUT2D eigenvalue weighted by molar-refractivity contribution is 7.13. The van der Waals surface area contributed by atoms with Gasteiger partial charge in [0.2, 0.25) is 5.95 Å². The molecule has 0 spiro atoms. The molecule has 1 aromatic carbocycles. The first kappa shape index (κ1) is 18.8. The van der Waals surface area contributed by atoms with E-state index in [1.54, 1.807) is 6.20 Å². The van der Waals surface area contributed by atoms with Gasteiger partial charge in [0, 0.05) is 29.7 Å². The highest BCUT2D eigenvalue weighted by Gasteiger charge is 2.41. The first-order valence-electron chi connectivity index (χ1n) is 8.94. The fourth-order valence-electron chi connectivity index (χ4n) is 3.43. The van der Waals surface area contributed by atoms with Gasteiger partial charge in [0.15, 0.2) is 0 Å². The molecule has 0 bridgehead atoms. The minimum absolute atomic E-state index is 0.0952. The van der Waals surface area contributed by atoms with Gasteiger partial charge in [-0.1, -0.05) is 30.3 Å². The van der Waals surface area contributed by atoms with Crippen molar-refractivity contribution in [2.45, 2.75) is 24.7 Å². The Balaban J connectivity index is 1.64. The maximum absolute atomic E-state index is 10.3. The number of rotatable bonds is 5. The van der Waals surface area contributed by atoms with Crippen LogP contribution in [-0.4, -0.2) is 55.1 Å². The lowest BCUT2D eigenvalue weighted by Gasteiger charge is -2.19. The molecule has 146 valence electrons. The summed E-state index contributed by atoms with van der Waals surface area (Å²) in [7, 11) is 0. The number of aliphatic hydroxyl groups excluding tert-OH is 3. The lowest BCUT2D eigenvalue weighted by molar-refractivity contribution is 0.00446. The van der Waals surface area contributed by atoms with Gasteiger partial charge in [0.25, 0.3) is 0 Å². The molecule has 0 saturated heterocycles. The zero-order valence-corrected chi connectivity index (χ0v) is 15.8. The summed E-state index contributed by atoms with van der Waals surface area (Å²) in [6.45, 7) is -0.192. The van der Waals surface area contributed by atoms with Crippen molar-refractivity contribution in [2.24, 2.45) is 5.92 Å². The lowest BCUT2D eigenvalue weighted by Crippen LogP contribution is -2.35. The van der Waals surface area contributed by atoms with Gasteiger partial charge >= 0.3 is 0 Å². The monoisotopic (exact) mass is 399 g/mol. The summed E-state index contributed by atoms with van der Waals surface area (Å²) in [5.74, 6) is 0.147. The highest BCUT2D eigenvalue weighted by Crippen LogP contribution is 2.35. The van der Waals surface area contributed by atoms with Gasteiger partial charge in [-0.05, 0) is 6.42 Å². The molecule has 1 saturated carbocycles. The molecule has 28 heavy (non-hydrogen) atoms. The summed E-state index contributed by atoms with van der Waals surface area (Å²) in [5.41, 5.74) is 8.28. The average molecular weight is 399 g/mol. The molecule has 1 aliphatic rings. The van der Waals surface area contributed by atoms with Gasteiger partial charge in [-0.15, -0.1) is 11.3 Å². The van der Waals surface area contributed by atoms with Gasteiger partial charge in [-0.3, -0.25) is 0 Å². The Morgan fingerprint density at radius 3 is 2.64 bits per heavy atom. The van der Waals surface area contributed by atoms with E-state index in [9.17, 15) is 15.3 Å². The number of thiazole rings is 1. The second-order valence-corrected chi connectivity index (χ2v) is 7.66. The van der Waals surface area contributed by atoms with Crippen LogP contribution < -0.4 is 11.1 Å². The minimum atomic E-state index is -1.02. The van der Waals surface area contributed by atoms with Gasteiger partial charge in [-0.25, -0.2) is 9.97 Å². The quantitative estimate of drug-likeness (QED) is 0.434. The van der Waals surface area contributed by atoms with Crippen LogP contribution in [0.3, 0.4) is 0 Å². The van der Waals surface area contributed by atoms with Gasteiger partial charge < -0.3 is 26.4 Å². The third-order valence-corrected chi connectivity index (χ3v) is 5.85. The third kappa shape index (κ3) is 3.57. The van der Waals surface area contributed by atoms with Crippen molar-refractivity contribution in [2.75, 3.05) is 17.7 Å². The molecule has 4 atom stereocenters. The molecule has 2 heterocycles. The highest BCUT2D eigenvalue weighted by atomic mass is 32.1. The first-order valence-corrected chi connectivity index (χ1v) is 9.82. The van der Waals surface area contributed by atoms with Crippen LogP contribution in [0.1, 0.15) is 6.42 Å². The average Bonchev–Trinajstić information content (AvgIpc) is 3.30. The SMILES string of the molecule is Nc1ncc(-c2nc(-c3ccccc3)cs2)c(N[C@@H]2C[C@H](CO)[C@@H](O)[C@H]2O)n1. The number of anilines is 2. The predicted octanol–water partition coefficient (Wildman–Crippen LogP) is 1.36. The van der Waals surface area contributed by atoms with Crippen molar-refractivity contribution >= 4 is 23.1 Å². The smallest absolute Gasteiger partial charge is 0.221 e. The number of nitrogens with one attached hydrogen (secondary N) is 1. The van der Waals surface area contributed by atoms with Crippen LogP contribution in [0.5, 0.6) is 0 Å². The Morgan fingerprint density at radius 2 is 1.93 bits per heavy atom. The number of nitrogens with two attached hydrogens (primary N) is 1. The van der Waals surface area contributed by atoms with Crippen LogP contribution in [0, 0.1) is 5.92 Å². The van der Waals surface area contributed by atoms with Crippen LogP contribution in [0.2, 0.25) is 0 Å². The van der Waals surface area contributed by atoms with Crippen molar-refractivity contribution in [1.29, 1.82) is 0 Å². The number of aliphatic hydroxyl groups is 3. The molecule has 3 aromatic rings.